The predicted molar refractivity (Wildman–Crippen MR) is 59.1 cm³/mol. The van der Waals surface area contributed by atoms with E-state index in [0.29, 0.717) is 5.69 Å². The van der Waals surface area contributed by atoms with Gasteiger partial charge in [-0.25, -0.2) is 4.79 Å². The lowest BCUT2D eigenvalue weighted by atomic mass is 10.2. The highest BCUT2D eigenvalue weighted by Crippen LogP contribution is 2.22. The first kappa shape index (κ1) is 12.6. The molecular formula is C11H14N2O5. The van der Waals surface area contributed by atoms with Crippen molar-refractivity contribution in [3.8, 4) is 0 Å². The monoisotopic (exact) mass is 254 g/mol. The van der Waals surface area contributed by atoms with Crippen molar-refractivity contribution in [2.24, 2.45) is 0 Å². The molecule has 1 fully saturated rings. The number of carbonyl (C=O) groups excluding carboxylic acids is 1. The van der Waals surface area contributed by atoms with Gasteiger partial charge in [-0.15, -0.1) is 0 Å². The van der Waals surface area contributed by atoms with Crippen molar-refractivity contribution in [2.45, 2.75) is 25.5 Å². The molecule has 1 aliphatic rings. The molecule has 1 aromatic heterocycles. The van der Waals surface area contributed by atoms with Gasteiger partial charge in [0.1, 0.15) is 6.04 Å². The number of ether oxygens (including phenoxy) is 1. The van der Waals surface area contributed by atoms with Crippen molar-refractivity contribution in [2.75, 3.05) is 13.7 Å². The summed E-state index contributed by atoms with van der Waals surface area (Å²) in [5.41, 5.74) is 0.577. The number of carboxylic acid groups (broad SMARTS) is 1. The molecule has 2 heterocycles. The van der Waals surface area contributed by atoms with Gasteiger partial charge in [-0.3, -0.25) is 4.79 Å². The van der Waals surface area contributed by atoms with Crippen LogP contribution in [0, 0.1) is 6.92 Å². The number of aryl methyl sites for hydroxylation is 1. The number of aliphatic carboxylic acids is 1. The first-order valence-electron chi connectivity index (χ1n) is 5.52. The molecule has 0 spiro atoms. The van der Waals surface area contributed by atoms with Crippen LogP contribution in [-0.4, -0.2) is 52.8 Å². The van der Waals surface area contributed by atoms with E-state index in [2.05, 4.69) is 5.16 Å². The van der Waals surface area contributed by atoms with Crippen LogP contribution in [0.4, 0.5) is 0 Å². The number of aromatic nitrogens is 1. The topological polar surface area (TPSA) is 92.9 Å². The summed E-state index contributed by atoms with van der Waals surface area (Å²) < 4.78 is 9.97. The third-order valence-electron chi connectivity index (χ3n) is 2.98. The molecule has 1 amide bonds. The smallest absolute Gasteiger partial charge is 0.326 e. The number of carbonyl (C=O) groups is 2. The van der Waals surface area contributed by atoms with Gasteiger partial charge in [0, 0.05) is 26.1 Å². The maximum absolute atomic E-state index is 12.1. The van der Waals surface area contributed by atoms with Gasteiger partial charge < -0.3 is 19.3 Å². The Morgan fingerprint density at radius 3 is 2.83 bits per heavy atom. The van der Waals surface area contributed by atoms with Gasteiger partial charge in [0.2, 0.25) is 5.76 Å². The molecular weight excluding hydrogens is 240 g/mol. The van der Waals surface area contributed by atoms with Crippen LogP contribution < -0.4 is 0 Å². The minimum absolute atomic E-state index is 0.0514. The quantitative estimate of drug-likeness (QED) is 0.833. The summed E-state index contributed by atoms with van der Waals surface area (Å²) in [5.74, 6) is -1.46. The van der Waals surface area contributed by atoms with Gasteiger partial charge in [-0.05, 0) is 6.92 Å². The van der Waals surface area contributed by atoms with Crippen molar-refractivity contribution in [3.63, 3.8) is 0 Å². The maximum Gasteiger partial charge on any atom is 0.326 e. The Labute approximate surface area is 103 Å². The van der Waals surface area contributed by atoms with Crippen molar-refractivity contribution < 1.29 is 24.0 Å². The minimum atomic E-state index is -1.04. The van der Waals surface area contributed by atoms with E-state index >= 15 is 0 Å². The van der Waals surface area contributed by atoms with Crippen LogP contribution in [0.3, 0.4) is 0 Å². The summed E-state index contributed by atoms with van der Waals surface area (Å²) in [6.07, 6.45) is 0.0177. The molecule has 1 aromatic rings. The average Bonchev–Trinajstić information content (AvgIpc) is 2.93. The number of likely N-dealkylation sites (tertiary alicyclic amines) is 1. The predicted octanol–water partition coefficient (Wildman–Crippen LogP) is 0.297. The first-order chi connectivity index (χ1) is 8.52. The van der Waals surface area contributed by atoms with E-state index in [1.807, 2.05) is 0 Å². The Hall–Kier alpha value is -1.89. The lowest BCUT2D eigenvalue weighted by Crippen LogP contribution is -2.40. The summed E-state index contributed by atoms with van der Waals surface area (Å²) in [5, 5.41) is 12.7. The molecule has 2 rings (SSSR count). The number of carboxylic acids is 1. The van der Waals surface area contributed by atoms with E-state index in [0.717, 1.165) is 0 Å². The van der Waals surface area contributed by atoms with Gasteiger partial charge in [0.15, 0.2) is 0 Å². The molecule has 7 heteroatoms. The Balaban J connectivity index is 2.20. The number of hydrogen-bond donors (Lipinski definition) is 1. The lowest BCUT2D eigenvalue weighted by Gasteiger charge is -2.19. The van der Waals surface area contributed by atoms with Gasteiger partial charge in [-0.2, -0.15) is 0 Å². The molecule has 0 radical (unpaired) electrons. The molecule has 18 heavy (non-hydrogen) atoms. The van der Waals surface area contributed by atoms with Crippen LogP contribution in [0.5, 0.6) is 0 Å². The molecule has 1 N–H and O–H groups in total. The zero-order valence-electron chi connectivity index (χ0n) is 10.1. The SMILES string of the molecule is COC1CC(C(=O)O)N(C(=O)c2cc(C)no2)C1. The standard InChI is InChI=1S/C11H14N2O5/c1-6-3-9(18-12-6)10(14)13-5-7(17-2)4-8(13)11(15)16/h3,7-8H,4-5H2,1-2H3,(H,15,16). The van der Waals surface area contributed by atoms with Crippen LogP contribution in [0.2, 0.25) is 0 Å². The van der Waals surface area contributed by atoms with Crippen LogP contribution in [0.15, 0.2) is 10.6 Å². The van der Waals surface area contributed by atoms with E-state index < -0.39 is 17.9 Å². The lowest BCUT2D eigenvalue weighted by molar-refractivity contribution is -0.141. The molecule has 0 saturated carbocycles. The van der Waals surface area contributed by atoms with Crippen LogP contribution >= 0.6 is 0 Å². The second-order valence-corrected chi connectivity index (χ2v) is 4.24. The second-order valence-electron chi connectivity index (χ2n) is 4.24. The zero-order valence-corrected chi connectivity index (χ0v) is 10.1. The molecule has 1 saturated heterocycles. The van der Waals surface area contributed by atoms with Gasteiger partial charge in [0.05, 0.1) is 11.8 Å². The number of methoxy groups -OCH3 is 1. The number of nitrogens with zero attached hydrogens (tertiary/aromatic N) is 2. The Morgan fingerprint density at radius 1 is 1.61 bits per heavy atom. The maximum atomic E-state index is 12.1. The summed E-state index contributed by atoms with van der Waals surface area (Å²) in [4.78, 5) is 24.5. The van der Waals surface area contributed by atoms with Crippen molar-refractivity contribution >= 4 is 11.9 Å². The fourth-order valence-corrected chi connectivity index (χ4v) is 2.03. The Kier molecular flexibility index (Phi) is 3.33. The van der Waals surface area contributed by atoms with E-state index in [9.17, 15) is 9.59 Å². The molecule has 1 aliphatic heterocycles. The number of rotatable bonds is 3. The Bertz CT molecular complexity index is 470. The van der Waals surface area contributed by atoms with E-state index in [1.54, 1.807) is 6.92 Å². The van der Waals surface area contributed by atoms with Gasteiger partial charge in [0.25, 0.3) is 5.91 Å². The molecule has 0 aliphatic carbocycles. The van der Waals surface area contributed by atoms with Crippen molar-refractivity contribution in [1.29, 1.82) is 0 Å². The fourth-order valence-electron chi connectivity index (χ4n) is 2.03. The normalized spacial score (nSPS) is 23.3. The molecule has 0 bridgehead atoms. The van der Waals surface area contributed by atoms with E-state index in [1.165, 1.54) is 18.1 Å². The zero-order chi connectivity index (χ0) is 13.3. The van der Waals surface area contributed by atoms with Crippen molar-refractivity contribution in [1.82, 2.24) is 10.1 Å². The summed E-state index contributed by atoms with van der Waals surface area (Å²) in [6.45, 7) is 1.93. The van der Waals surface area contributed by atoms with E-state index in [4.69, 9.17) is 14.4 Å². The van der Waals surface area contributed by atoms with Crippen molar-refractivity contribution in [3.05, 3.63) is 17.5 Å². The minimum Gasteiger partial charge on any atom is -0.480 e. The highest BCUT2D eigenvalue weighted by atomic mass is 16.5. The second kappa shape index (κ2) is 4.77. The molecule has 0 aromatic carbocycles. The third-order valence-corrected chi connectivity index (χ3v) is 2.98. The Morgan fingerprint density at radius 2 is 2.33 bits per heavy atom. The summed E-state index contributed by atoms with van der Waals surface area (Å²) in [6, 6.07) is 0.606. The van der Waals surface area contributed by atoms with Crippen LogP contribution in [0.1, 0.15) is 22.7 Å². The fraction of sp³-hybridized carbons (Fsp3) is 0.545. The van der Waals surface area contributed by atoms with E-state index in [-0.39, 0.29) is 24.8 Å². The highest BCUT2D eigenvalue weighted by molar-refractivity contribution is 5.94. The number of amides is 1. The molecule has 7 nitrogen and oxygen atoms in total. The van der Waals surface area contributed by atoms with Gasteiger partial charge in [-0.1, -0.05) is 5.16 Å². The molecule has 2 atom stereocenters. The van der Waals surface area contributed by atoms with Crippen LogP contribution in [0.25, 0.3) is 0 Å². The summed E-state index contributed by atoms with van der Waals surface area (Å²) in [7, 11) is 1.50. The molecule has 98 valence electrons. The number of hydrogen-bond acceptors (Lipinski definition) is 5. The third kappa shape index (κ3) is 2.21. The van der Waals surface area contributed by atoms with Crippen LogP contribution in [-0.2, 0) is 9.53 Å². The summed E-state index contributed by atoms with van der Waals surface area (Å²) >= 11 is 0. The highest BCUT2D eigenvalue weighted by Gasteiger charge is 2.41. The first-order valence-corrected chi connectivity index (χ1v) is 5.52. The van der Waals surface area contributed by atoms with Gasteiger partial charge >= 0.3 is 5.97 Å². The molecule has 2 unspecified atom stereocenters. The average molecular weight is 254 g/mol. The largest absolute Gasteiger partial charge is 0.480 e.